The Balaban J connectivity index is 0.00000220. The molecule has 2 N–H and O–H groups in total. The van der Waals surface area contributed by atoms with Crippen LogP contribution in [0.3, 0.4) is 0 Å². The summed E-state index contributed by atoms with van der Waals surface area (Å²) in [6.45, 7) is 3.96. The van der Waals surface area contributed by atoms with Gasteiger partial charge in [0.05, 0.1) is 12.2 Å². The summed E-state index contributed by atoms with van der Waals surface area (Å²) >= 11 is 2.00. The predicted molar refractivity (Wildman–Crippen MR) is 97.9 cm³/mol. The lowest BCUT2D eigenvalue weighted by molar-refractivity contribution is 0.599. The molecule has 1 aliphatic heterocycles. The average Bonchev–Trinajstić information content (AvgIpc) is 2.97. The largest absolute Gasteiger partial charge is 0.357 e. The van der Waals surface area contributed by atoms with Crippen molar-refractivity contribution in [2.45, 2.75) is 31.6 Å². The number of pyridine rings is 1. The van der Waals surface area contributed by atoms with Crippen molar-refractivity contribution in [3.05, 3.63) is 29.8 Å². The molecule has 4 nitrogen and oxygen atoms in total. The monoisotopic (exact) mass is 424 g/mol. The molecule has 0 aromatic carbocycles. The van der Waals surface area contributed by atoms with E-state index in [4.69, 9.17) is 0 Å². The molecular weight excluding hydrogens is 402 g/mol. The van der Waals surface area contributed by atoms with Crippen molar-refractivity contribution in [1.29, 1.82) is 0 Å². The number of guanidine groups is 1. The van der Waals surface area contributed by atoms with Crippen LogP contribution in [-0.2, 0) is 6.54 Å². The fourth-order valence-electron chi connectivity index (χ4n) is 2.05. The van der Waals surface area contributed by atoms with E-state index in [1.807, 2.05) is 18.7 Å². The molecule has 2 heterocycles. The minimum atomic E-state index is -0.307. The molecular formula is C14H22FIN4S. The van der Waals surface area contributed by atoms with Crippen LogP contribution in [0.5, 0.6) is 0 Å². The Kier molecular flexibility index (Phi) is 8.98. The number of aliphatic imine (C=N–C) groups is 1. The molecule has 0 bridgehead atoms. The van der Waals surface area contributed by atoms with Crippen molar-refractivity contribution in [2.24, 2.45) is 4.99 Å². The highest BCUT2D eigenvalue weighted by Gasteiger charge is 2.15. The van der Waals surface area contributed by atoms with E-state index in [-0.39, 0.29) is 36.3 Å². The Morgan fingerprint density at radius 2 is 2.38 bits per heavy atom. The van der Waals surface area contributed by atoms with Gasteiger partial charge < -0.3 is 10.6 Å². The second-order valence-corrected chi connectivity index (χ2v) is 6.05. The maximum Gasteiger partial charge on any atom is 0.191 e. The zero-order valence-corrected chi connectivity index (χ0v) is 15.3. The Morgan fingerprint density at radius 1 is 1.52 bits per heavy atom. The third kappa shape index (κ3) is 6.37. The smallest absolute Gasteiger partial charge is 0.191 e. The molecule has 0 radical (unpaired) electrons. The molecule has 1 saturated heterocycles. The van der Waals surface area contributed by atoms with E-state index in [0.717, 1.165) is 19.0 Å². The lowest BCUT2D eigenvalue weighted by Crippen LogP contribution is -2.40. The van der Waals surface area contributed by atoms with E-state index in [1.54, 1.807) is 12.3 Å². The minimum Gasteiger partial charge on any atom is -0.357 e. The lowest BCUT2D eigenvalue weighted by Gasteiger charge is -2.14. The van der Waals surface area contributed by atoms with Gasteiger partial charge in [0, 0.05) is 24.5 Å². The number of nitrogens with one attached hydrogen (secondary N) is 2. The molecule has 0 amide bonds. The van der Waals surface area contributed by atoms with Gasteiger partial charge in [0.1, 0.15) is 5.82 Å². The molecule has 21 heavy (non-hydrogen) atoms. The molecule has 2 rings (SSSR count). The van der Waals surface area contributed by atoms with Crippen LogP contribution in [-0.4, -0.2) is 35.0 Å². The highest BCUT2D eigenvalue weighted by atomic mass is 127. The second kappa shape index (κ2) is 10.2. The van der Waals surface area contributed by atoms with Gasteiger partial charge in [-0.2, -0.15) is 11.8 Å². The fraction of sp³-hybridized carbons (Fsp3) is 0.571. The first-order valence-corrected chi connectivity index (χ1v) is 8.07. The highest BCUT2D eigenvalue weighted by molar-refractivity contribution is 14.0. The predicted octanol–water partition coefficient (Wildman–Crippen LogP) is 2.79. The van der Waals surface area contributed by atoms with Crippen molar-refractivity contribution < 1.29 is 4.39 Å². The first-order chi connectivity index (χ1) is 9.79. The Labute approximate surface area is 146 Å². The van der Waals surface area contributed by atoms with Gasteiger partial charge in [0.25, 0.3) is 0 Å². The number of aromatic nitrogens is 1. The standard InChI is InChI=1S/C14H21FN4S.HI/c1-2-16-14(18-9-11-5-4-8-20-11)19-10-13-12(15)6-3-7-17-13;/h3,6-7,11H,2,4-5,8-10H2,1H3,(H2,16,18,19);1H. The molecule has 1 aromatic heterocycles. The molecule has 118 valence electrons. The molecule has 1 aromatic rings. The summed E-state index contributed by atoms with van der Waals surface area (Å²) in [4.78, 5) is 8.39. The first-order valence-electron chi connectivity index (χ1n) is 7.02. The maximum absolute atomic E-state index is 13.5. The summed E-state index contributed by atoms with van der Waals surface area (Å²) < 4.78 is 13.5. The number of hydrogen-bond acceptors (Lipinski definition) is 3. The van der Waals surface area contributed by atoms with Crippen LogP contribution in [0.1, 0.15) is 25.5 Å². The van der Waals surface area contributed by atoms with Crippen LogP contribution < -0.4 is 10.6 Å². The van der Waals surface area contributed by atoms with Crippen molar-refractivity contribution in [3.63, 3.8) is 0 Å². The molecule has 0 aliphatic carbocycles. The Hall–Kier alpha value is -0.570. The lowest BCUT2D eigenvalue weighted by atomic mass is 10.2. The van der Waals surface area contributed by atoms with Gasteiger partial charge >= 0.3 is 0 Å². The van der Waals surface area contributed by atoms with Crippen LogP contribution in [0.2, 0.25) is 0 Å². The van der Waals surface area contributed by atoms with Gasteiger partial charge in [-0.3, -0.25) is 4.98 Å². The number of hydrogen-bond donors (Lipinski definition) is 2. The first kappa shape index (κ1) is 18.5. The summed E-state index contributed by atoms with van der Waals surface area (Å²) in [5.41, 5.74) is 0.375. The Morgan fingerprint density at radius 3 is 3.05 bits per heavy atom. The zero-order chi connectivity index (χ0) is 14.2. The minimum absolute atomic E-state index is 0. The van der Waals surface area contributed by atoms with Crippen molar-refractivity contribution >= 4 is 41.7 Å². The van der Waals surface area contributed by atoms with Crippen LogP contribution in [0, 0.1) is 5.82 Å². The molecule has 1 atom stereocenters. The third-order valence-corrected chi connectivity index (χ3v) is 4.49. The molecule has 0 spiro atoms. The van der Waals surface area contributed by atoms with Gasteiger partial charge in [0.15, 0.2) is 5.96 Å². The summed E-state index contributed by atoms with van der Waals surface area (Å²) in [6, 6.07) is 3.00. The van der Waals surface area contributed by atoms with Crippen LogP contribution >= 0.6 is 35.7 Å². The summed E-state index contributed by atoms with van der Waals surface area (Å²) in [5, 5.41) is 7.15. The molecule has 1 unspecified atom stereocenters. The fourth-order valence-corrected chi connectivity index (χ4v) is 3.25. The molecule has 1 aliphatic rings. The topological polar surface area (TPSA) is 49.3 Å². The second-order valence-electron chi connectivity index (χ2n) is 4.64. The van der Waals surface area contributed by atoms with Gasteiger partial charge in [-0.05, 0) is 37.7 Å². The van der Waals surface area contributed by atoms with E-state index in [1.165, 1.54) is 24.7 Å². The molecule has 1 fully saturated rings. The van der Waals surface area contributed by atoms with Crippen molar-refractivity contribution in [3.8, 4) is 0 Å². The van der Waals surface area contributed by atoms with Crippen LogP contribution in [0.15, 0.2) is 23.3 Å². The number of halogens is 2. The van der Waals surface area contributed by atoms with Crippen molar-refractivity contribution in [2.75, 3.05) is 18.8 Å². The number of nitrogens with zero attached hydrogens (tertiary/aromatic N) is 2. The normalized spacial score (nSPS) is 18.2. The maximum atomic E-state index is 13.5. The highest BCUT2D eigenvalue weighted by Crippen LogP contribution is 2.25. The van der Waals surface area contributed by atoms with Gasteiger partial charge in [-0.15, -0.1) is 24.0 Å². The van der Waals surface area contributed by atoms with E-state index >= 15 is 0 Å². The zero-order valence-electron chi connectivity index (χ0n) is 12.1. The molecule has 0 saturated carbocycles. The summed E-state index contributed by atoms with van der Waals surface area (Å²) in [7, 11) is 0. The SMILES string of the molecule is CCNC(=NCc1ncccc1F)NCC1CCCS1.I. The van der Waals surface area contributed by atoms with E-state index < -0.39 is 0 Å². The summed E-state index contributed by atoms with van der Waals surface area (Å²) in [5.74, 6) is 1.67. The Bertz CT molecular complexity index is 452. The van der Waals surface area contributed by atoms with E-state index in [2.05, 4.69) is 20.6 Å². The molecule has 7 heteroatoms. The van der Waals surface area contributed by atoms with Crippen LogP contribution in [0.25, 0.3) is 0 Å². The average molecular weight is 424 g/mol. The van der Waals surface area contributed by atoms with Gasteiger partial charge in [-0.1, -0.05) is 0 Å². The van der Waals surface area contributed by atoms with Gasteiger partial charge in [0.2, 0.25) is 0 Å². The van der Waals surface area contributed by atoms with E-state index in [9.17, 15) is 4.39 Å². The van der Waals surface area contributed by atoms with Crippen molar-refractivity contribution in [1.82, 2.24) is 15.6 Å². The number of rotatable bonds is 5. The quantitative estimate of drug-likeness (QED) is 0.434. The third-order valence-electron chi connectivity index (χ3n) is 3.09. The van der Waals surface area contributed by atoms with E-state index in [0.29, 0.717) is 10.9 Å². The van der Waals surface area contributed by atoms with Gasteiger partial charge in [-0.25, -0.2) is 9.38 Å². The summed E-state index contributed by atoms with van der Waals surface area (Å²) in [6.07, 6.45) is 4.14. The number of thioether (sulfide) groups is 1. The van der Waals surface area contributed by atoms with Crippen LogP contribution in [0.4, 0.5) is 4.39 Å².